The van der Waals surface area contributed by atoms with Crippen molar-refractivity contribution in [2.45, 2.75) is 0 Å². The Labute approximate surface area is 197 Å². The number of hydrogen-bond donors (Lipinski definition) is 2. The maximum atomic E-state index is 12.6. The second-order valence-corrected chi connectivity index (χ2v) is 8.24. The highest BCUT2D eigenvalue weighted by Crippen LogP contribution is 2.30. The summed E-state index contributed by atoms with van der Waals surface area (Å²) in [7, 11) is 0. The molecule has 1 aromatic heterocycles. The molecule has 2 aromatic carbocycles. The van der Waals surface area contributed by atoms with E-state index in [2.05, 4.69) is 10.1 Å². The number of rotatable bonds is 6. The Morgan fingerprint density at radius 1 is 1.12 bits per heavy atom. The van der Waals surface area contributed by atoms with E-state index in [0.717, 1.165) is 0 Å². The van der Waals surface area contributed by atoms with E-state index >= 15 is 0 Å². The highest BCUT2D eigenvalue weighted by atomic mass is 32.2. The van der Waals surface area contributed by atoms with Crippen LogP contribution in [-0.2, 0) is 4.79 Å². The zero-order valence-corrected chi connectivity index (χ0v) is 18.3. The third-order valence-corrected chi connectivity index (χ3v) is 5.81. The molecule has 0 fully saturated rings. The molecule has 2 N–H and O–H groups in total. The van der Waals surface area contributed by atoms with Crippen molar-refractivity contribution in [3.8, 4) is 17.1 Å². The summed E-state index contributed by atoms with van der Waals surface area (Å²) in [6.07, 6.45) is 1.44. The Bertz CT molecular complexity index is 1390. The van der Waals surface area contributed by atoms with Gasteiger partial charge in [0.1, 0.15) is 28.9 Å². The number of thioether (sulfide) groups is 1. The molecule has 0 aliphatic carbocycles. The van der Waals surface area contributed by atoms with Gasteiger partial charge in [-0.25, -0.2) is 4.79 Å². The lowest BCUT2D eigenvalue weighted by Gasteiger charge is -2.19. The molecular formula is C24H16N4O5S. The van der Waals surface area contributed by atoms with Gasteiger partial charge in [0.2, 0.25) is 5.17 Å². The minimum absolute atomic E-state index is 0.0421. The lowest BCUT2D eigenvalue weighted by atomic mass is 10.1. The van der Waals surface area contributed by atoms with Gasteiger partial charge >= 0.3 is 5.97 Å². The summed E-state index contributed by atoms with van der Waals surface area (Å²) < 4.78 is 11.5. The summed E-state index contributed by atoms with van der Waals surface area (Å²) in [5, 5.41) is 24.1. The minimum Gasteiger partial charge on any atom is -0.487 e. The van der Waals surface area contributed by atoms with Gasteiger partial charge in [-0.15, -0.1) is 0 Å². The molecule has 0 saturated heterocycles. The number of hydrogen-bond acceptors (Lipinski definition) is 7. The lowest BCUT2D eigenvalue weighted by Crippen LogP contribution is -2.35. The summed E-state index contributed by atoms with van der Waals surface area (Å²) in [4.78, 5) is 27.7. The number of benzene rings is 2. The molecule has 0 atom stereocenters. The average molecular weight is 472 g/mol. The molecule has 2 aliphatic heterocycles. The minimum atomic E-state index is -1.01. The Balaban J connectivity index is 1.33. The highest BCUT2D eigenvalue weighted by molar-refractivity contribution is 8.27. The number of nitrogens with zero attached hydrogens (tertiary/aromatic N) is 3. The number of carboxylic acid groups (broad SMARTS) is 1. The van der Waals surface area contributed by atoms with Crippen LogP contribution in [0.25, 0.3) is 17.4 Å². The summed E-state index contributed by atoms with van der Waals surface area (Å²) >= 11 is 1.18. The van der Waals surface area contributed by atoms with E-state index in [4.69, 9.17) is 19.7 Å². The zero-order valence-electron chi connectivity index (χ0n) is 17.5. The van der Waals surface area contributed by atoms with Crippen molar-refractivity contribution in [3.05, 3.63) is 83.6 Å². The van der Waals surface area contributed by atoms with Gasteiger partial charge in [0.15, 0.2) is 5.84 Å². The number of carboxylic acids is 1. The fourth-order valence-electron chi connectivity index (χ4n) is 3.26. The monoisotopic (exact) mass is 472 g/mol. The molecule has 9 nitrogen and oxygen atoms in total. The van der Waals surface area contributed by atoms with Gasteiger partial charge in [0.05, 0.1) is 11.1 Å². The van der Waals surface area contributed by atoms with E-state index in [-0.39, 0.29) is 23.6 Å². The number of amides is 1. The van der Waals surface area contributed by atoms with E-state index in [1.54, 1.807) is 24.3 Å². The molecule has 0 saturated carbocycles. The molecule has 1 amide bonds. The van der Waals surface area contributed by atoms with Gasteiger partial charge in [0.25, 0.3) is 5.91 Å². The van der Waals surface area contributed by atoms with Gasteiger partial charge in [-0.05, 0) is 54.2 Å². The first-order valence-corrected chi connectivity index (χ1v) is 10.9. The summed E-state index contributed by atoms with van der Waals surface area (Å²) in [5.74, 6) is -0.141. The smallest absolute Gasteiger partial charge is 0.335 e. The van der Waals surface area contributed by atoms with E-state index in [1.807, 2.05) is 30.3 Å². The molecular weight excluding hydrogens is 456 g/mol. The van der Waals surface area contributed by atoms with Crippen LogP contribution in [0.1, 0.15) is 16.1 Å². The van der Waals surface area contributed by atoms with Gasteiger partial charge < -0.3 is 14.3 Å². The highest BCUT2D eigenvalue weighted by Gasteiger charge is 2.36. The molecule has 0 bridgehead atoms. The van der Waals surface area contributed by atoms with Crippen molar-refractivity contribution in [1.29, 1.82) is 5.41 Å². The van der Waals surface area contributed by atoms with Crippen molar-refractivity contribution in [2.24, 2.45) is 10.1 Å². The van der Waals surface area contributed by atoms with Crippen LogP contribution in [0.5, 0.6) is 5.75 Å². The van der Waals surface area contributed by atoms with Crippen LogP contribution in [0.3, 0.4) is 0 Å². The quantitative estimate of drug-likeness (QED) is 0.511. The van der Waals surface area contributed by atoms with Crippen LogP contribution in [0, 0.1) is 5.41 Å². The largest absolute Gasteiger partial charge is 0.487 e. The number of para-hydroxylation sites is 1. The third kappa shape index (κ3) is 4.26. The second-order valence-electron chi connectivity index (χ2n) is 7.20. The number of carbonyl (C=O) groups is 2. The van der Waals surface area contributed by atoms with Gasteiger partial charge in [-0.3, -0.25) is 10.2 Å². The van der Waals surface area contributed by atoms with Crippen LogP contribution >= 0.6 is 11.8 Å². The summed E-state index contributed by atoms with van der Waals surface area (Å²) in [5.41, 5.74) is 0.897. The van der Waals surface area contributed by atoms with E-state index < -0.39 is 11.9 Å². The second kappa shape index (κ2) is 8.83. The zero-order chi connectivity index (χ0) is 23.7. The SMILES string of the molecule is N=C1/C(=C\c2ccc(-c3ccc(C(=O)O)cc3)o2)C(=O)N=C2SC(COc3ccccc3)=NN12. The standard InChI is InChI=1S/C24H16N4O5S/c25-21-18(12-17-10-11-19(33-17)14-6-8-15(9-7-14)23(30)31)22(29)26-24-28(21)27-20(34-24)13-32-16-4-2-1-3-5-16/h1-12,25H,13H2,(H,30,31)/b18-12+,25-21?. The predicted molar refractivity (Wildman–Crippen MR) is 128 cm³/mol. The molecule has 2 aliphatic rings. The maximum absolute atomic E-state index is 12.6. The van der Waals surface area contributed by atoms with Crippen LogP contribution < -0.4 is 4.74 Å². The fraction of sp³-hybridized carbons (Fsp3) is 0.0417. The number of amidine groups is 2. The molecule has 0 unspecified atom stereocenters. The number of aromatic carboxylic acids is 1. The molecule has 10 heteroatoms. The van der Waals surface area contributed by atoms with Gasteiger partial charge in [-0.2, -0.15) is 15.1 Å². The Morgan fingerprint density at radius 2 is 1.88 bits per heavy atom. The number of carbonyl (C=O) groups excluding carboxylic acids is 1. The Kier molecular flexibility index (Phi) is 5.56. The maximum Gasteiger partial charge on any atom is 0.335 e. The Morgan fingerprint density at radius 3 is 2.62 bits per heavy atom. The van der Waals surface area contributed by atoms with E-state index in [9.17, 15) is 9.59 Å². The number of fused-ring (bicyclic) bond motifs is 1. The average Bonchev–Trinajstić information content (AvgIpc) is 3.48. The molecule has 0 spiro atoms. The summed E-state index contributed by atoms with van der Waals surface area (Å²) in [6, 6.07) is 18.9. The van der Waals surface area contributed by atoms with Crippen LogP contribution in [0.2, 0.25) is 0 Å². The molecule has 5 rings (SSSR count). The van der Waals surface area contributed by atoms with Crippen LogP contribution in [0.4, 0.5) is 0 Å². The van der Waals surface area contributed by atoms with E-state index in [1.165, 1.54) is 35.0 Å². The number of aliphatic imine (C=N–C) groups is 1. The Hall–Kier alpha value is -4.44. The summed E-state index contributed by atoms with van der Waals surface area (Å²) in [6.45, 7) is 0.187. The van der Waals surface area contributed by atoms with Gasteiger partial charge in [0, 0.05) is 5.56 Å². The van der Waals surface area contributed by atoms with Crippen LogP contribution in [0.15, 0.2) is 86.8 Å². The van der Waals surface area contributed by atoms with Crippen molar-refractivity contribution < 1.29 is 23.8 Å². The first-order valence-electron chi connectivity index (χ1n) is 10.1. The van der Waals surface area contributed by atoms with Crippen molar-refractivity contribution in [1.82, 2.24) is 5.01 Å². The molecule has 34 heavy (non-hydrogen) atoms. The molecule has 3 aromatic rings. The van der Waals surface area contributed by atoms with Crippen molar-refractivity contribution in [2.75, 3.05) is 6.61 Å². The van der Waals surface area contributed by atoms with Gasteiger partial charge in [-0.1, -0.05) is 30.3 Å². The molecule has 168 valence electrons. The molecule has 3 heterocycles. The first kappa shape index (κ1) is 21.4. The van der Waals surface area contributed by atoms with Crippen molar-refractivity contribution >= 4 is 45.8 Å². The lowest BCUT2D eigenvalue weighted by molar-refractivity contribution is -0.114. The number of nitrogens with one attached hydrogen (secondary N) is 1. The number of ether oxygens (including phenoxy) is 1. The normalized spacial score (nSPS) is 16.4. The predicted octanol–water partition coefficient (Wildman–Crippen LogP) is 4.34. The molecule has 0 radical (unpaired) electrons. The first-order chi connectivity index (χ1) is 16.5. The van der Waals surface area contributed by atoms with Crippen LogP contribution in [-0.4, -0.2) is 44.6 Å². The van der Waals surface area contributed by atoms with Crippen molar-refractivity contribution in [3.63, 3.8) is 0 Å². The number of furan rings is 1. The third-order valence-electron chi connectivity index (χ3n) is 4.93. The fourth-order valence-corrected chi connectivity index (χ4v) is 4.05. The van der Waals surface area contributed by atoms with E-state index in [0.29, 0.717) is 33.0 Å². The topological polar surface area (TPSA) is 129 Å². The number of hydrazone groups is 1.